The van der Waals surface area contributed by atoms with Crippen molar-refractivity contribution in [2.75, 3.05) is 18.5 Å². The highest BCUT2D eigenvalue weighted by molar-refractivity contribution is 9.10. The smallest absolute Gasteiger partial charge is 0.179 e. The van der Waals surface area contributed by atoms with Crippen LogP contribution in [-0.4, -0.2) is 13.2 Å². The van der Waals surface area contributed by atoms with Gasteiger partial charge in [0, 0.05) is 16.0 Å². The molecule has 0 amide bonds. The van der Waals surface area contributed by atoms with Gasteiger partial charge in [-0.1, -0.05) is 23.2 Å². The summed E-state index contributed by atoms with van der Waals surface area (Å²) in [5.74, 6) is 1.31. The predicted molar refractivity (Wildman–Crippen MR) is 88.9 cm³/mol. The average molecular weight is 389 g/mol. The van der Waals surface area contributed by atoms with Crippen molar-refractivity contribution in [3.05, 3.63) is 50.4 Å². The first-order valence-electron chi connectivity index (χ1n) is 6.40. The lowest BCUT2D eigenvalue weighted by atomic mass is 10.2. The summed E-state index contributed by atoms with van der Waals surface area (Å²) >= 11 is 15.7. The van der Waals surface area contributed by atoms with E-state index < -0.39 is 0 Å². The minimum absolute atomic E-state index is 0.528. The Morgan fingerprint density at radius 1 is 1.10 bits per heavy atom. The van der Waals surface area contributed by atoms with Gasteiger partial charge in [-0.05, 0) is 51.8 Å². The van der Waals surface area contributed by atoms with E-state index in [1.54, 1.807) is 0 Å². The number of ether oxygens (including phenoxy) is 2. The van der Waals surface area contributed by atoms with Gasteiger partial charge in [-0.25, -0.2) is 0 Å². The lowest BCUT2D eigenvalue weighted by Crippen LogP contribution is -2.16. The fourth-order valence-electron chi connectivity index (χ4n) is 2.10. The molecule has 0 spiro atoms. The van der Waals surface area contributed by atoms with Crippen molar-refractivity contribution in [1.29, 1.82) is 0 Å². The zero-order valence-electron chi connectivity index (χ0n) is 11.0. The van der Waals surface area contributed by atoms with Crippen molar-refractivity contribution in [3.8, 4) is 11.5 Å². The van der Waals surface area contributed by atoms with Gasteiger partial charge in [-0.3, -0.25) is 0 Å². The molecule has 0 aromatic heterocycles. The molecule has 3 nitrogen and oxygen atoms in total. The second-order valence-electron chi connectivity index (χ2n) is 4.58. The quantitative estimate of drug-likeness (QED) is 0.789. The van der Waals surface area contributed by atoms with Crippen molar-refractivity contribution in [3.63, 3.8) is 0 Å². The van der Waals surface area contributed by atoms with Gasteiger partial charge in [0.1, 0.15) is 13.2 Å². The van der Waals surface area contributed by atoms with Gasteiger partial charge in [0.05, 0.1) is 10.7 Å². The lowest BCUT2D eigenvalue weighted by Gasteiger charge is -2.20. The molecule has 0 fully saturated rings. The van der Waals surface area contributed by atoms with Crippen LogP contribution >= 0.6 is 39.1 Å². The Morgan fingerprint density at radius 3 is 2.76 bits per heavy atom. The molecule has 0 radical (unpaired) electrons. The fourth-order valence-corrected chi connectivity index (χ4v) is 2.94. The second kappa shape index (κ2) is 6.34. The van der Waals surface area contributed by atoms with Gasteiger partial charge >= 0.3 is 0 Å². The summed E-state index contributed by atoms with van der Waals surface area (Å²) in [7, 11) is 0. The third kappa shape index (κ3) is 3.39. The molecule has 6 heteroatoms. The number of hydrogen-bond donors (Lipinski definition) is 1. The number of benzene rings is 2. The maximum atomic E-state index is 6.22. The third-order valence-corrected chi connectivity index (χ3v) is 4.28. The molecule has 3 rings (SSSR count). The molecule has 1 aliphatic heterocycles. The Morgan fingerprint density at radius 2 is 1.90 bits per heavy atom. The summed E-state index contributed by atoms with van der Waals surface area (Å²) < 4.78 is 12.0. The van der Waals surface area contributed by atoms with Crippen LogP contribution in [0.5, 0.6) is 11.5 Å². The van der Waals surface area contributed by atoms with Crippen LogP contribution < -0.4 is 14.8 Å². The van der Waals surface area contributed by atoms with Gasteiger partial charge < -0.3 is 14.8 Å². The summed E-state index contributed by atoms with van der Waals surface area (Å²) in [5.41, 5.74) is 1.93. The molecule has 2 aromatic rings. The topological polar surface area (TPSA) is 30.5 Å². The molecule has 21 heavy (non-hydrogen) atoms. The van der Waals surface area contributed by atoms with Gasteiger partial charge in [-0.15, -0.1) is 0 Å². The van der Waals surface area contributed by atoms with E-state index in [0.29, 0.717) is 41.3 Å². The van der Waals surface area contributed by atoms with E-state index in [4.69, 9.17) is 32.7 Å². The summed E-state index contributed by atoms with van der Waals surface area (Å²) in [4.78, 5) is 0. The largest absolute Gasteiger partial charge is 0.486 e. The Hall–Kier alpha value is -1.10. The molecule has 1 heterocycles. The van der Waals surface area contributed by atoms with Crippen molar-refractivity contribution < 1.29 is 9.47 Å². The van der Waals surface area contributed by atoms with Crippen LogP contribution in [0.1, 0.15) is 5.56 Å². The third-order valence-electron chi connectivity index (χ3n) is 3.07. The maximum absolute atomic E-state index is 6.22. The normalized spacial score (nSPS) is 13.1. The van der Waals surface area contributed by atoms with E-state index >= 15 is 0 Å². The molecule has 0 atom stereocenters. The number of halogens is 3. The van der Waals surface area contributed by atoms with Crippen molar-refractivity contribution in [1.82, 2.24) is 0 Å². The van der Waals surface area contributed by atoms with Crippen molar-refractivity contribution in [2.45, 2.75) is 6.54 Å². The highest BCUT2D eigenvalue weighted by atomic mass is 79.9. The van der Waals surface area contributed by atoms with Crippen LogP contribution in [0.3, 0.4) is 0 Å². The first-order chi connectivity index (χ1) is 10.1. The van der Waals surface area contributed by atoms with E-state index in [1.165, 1.54) is 0 Å². The van der Waals surface area contributed by atoms with Crippen LogP contribution in [0.15, 0.2) is 34.8 Å². The highest BCUT2D eigenvalue weighted by Gasteiger charge is 2.16. The Kier molecular flexibility index (Phi) is 4.48. The van der Waals surface area contributed by atoms with E-state index in [-0.39, 0.29) is 0 Å². The van der Waals surface area contributed by atoms with Crippen LogP contribution in [0, 0.1) is 0 Å². The highest BCUT2D eigenvalue weighted by Crippen LogP contribution is 2.38. The predicted octanol–water partition coefficient (Wildman–Crippen LogP) is 5.14. The van der Waals surface area contributed by atoms with Gasteiger partial charge in [-0.2, -0.15) is 0 Å². The second-order valence-corrected chi connectivity index (χ2v) is 6.28. The van der Waals surface area contributed by atoms with Crippen LogP contribution in [0.2, 0.25) is 10.0 Å². The number of fused-ring (bicyclic) bond motifs is 1. The van der Waals surface area contributed by atoms with Crippen LogP contribution in [0.25, 0.3) is 0 Å². The first-order valence-corrected chi connectivity index (χ1v) is 7.95. The van der Waals surface area contributed by atoms with E-state index in [9.17, 15) is 0 Å². The Bertz CT molecular complexity index is 679. The van der Waals surface area contributed by atoms with Crippen molar-refractivity contribution in [2.24, 2.45) is 0 Å². The molecule has 1 N–H and O–H groups in total. The molecular weight excluding hydrogens is 377 g/mol. The first kappa shape index (κ1) is 14.8. The van der Waals surface area contributed by atoms with Gasteiger partial charge in [0.25, 0.3) is 0 Å². The molecular formula is C15H12BrCl2NO2. The number of hydrogen-bond acceptors (Lipinski definition) is 3. The number of rotatable bonds is 3. The van der Waals surface area contributed by atoms with Crippen LogP contribution in [0.4, 0.5) is 5.69 Å². The molecule has 0 bridgehead atoms. The fraction of sp³-hybridized carbons (Fsp3) is 0.200. The molecule has 0 saturated heterocycles. The summed E-state index contributed by atoms with van der Waals surface area (Å²) in [5, 5.41) is 4.56. The average Bonchev–Trinajstić information content (AvgIpc) is 2.48. The molecule has 110 valence electrons. The summed E-state index contributed by atoms with van der Waals surface area (Å²) in [6.45, 7) is 1.68. The Balaban J connectivity index is 1.79. The maximum Gasteiger partial charge on any atom is 0.179 e. The van der Waals surface area contributed by atoms with Crippen LogP contribution in [-0.2, 0) is 6.54 Å². The van der Waals surface area contributed by atoms with E-state index in [1.807, 2.05) is 30.3 Å². The molecule has 0 unspecified atom stereocenters. The minimum Gasteiger partial charge on any atom is -0.486 e. The molecule has 0 saturated carbocycles. The number of anilines is 1. The lowest BCUT2D eigenvalue weighted by molar-refractivity contribution is 0.171. The SMILES string of the molecule is Clc1ccc(Br)c(NCc2cc(Cl)c3c(c2)OCCO3)c1. The van der Waals surface area contributed by atoms with E-state index in [2.05, 4.69) is 21.2 Å². The molecule has 1 aliphatic rings. The van der Waals surface area contributed by atoms with Gasteiger partial charge in [0.15, 0.2) is 11.5 Å². The molecule has 2 aromatic carbocycles. The zero-order chi connectivity index (χ0) is 14.8. The van der Waals surface area contributed by atoms with Gasteiger partial charge in [0.2, 0.25) is 0 Å². The van der Waals surface area contributed by atoms with Crippen molar-refractivity contribution >= 4 is 44.8 Å². The number of nitrogens with one attached hydrogen (secondary N) is 1. The zero-order valence-corrected chi connectivity index (χ0v) is 14.1. The Labute approximate surface area is 141 Å². The monoisotopic (exact) mass is 387 g/mol. The summed E-state index contributed by atoms with van der Waals surface area (Å²) in [6.07, 6.45) is 0. The van der Waals surface area contributed by atoms with E-state index in [0.717, 1.165) is 15.7 Å². The summed E-state index contributed by atoms with van der Waals surface area (Å²) in [6, 6.07) is 9.41. The minimum atomic E-state index is 0.528. The molecule has 0 aliphatic carbocycles. The standard InChI is InChI=1S/C15H12BrCl2NO2/c16-11-2-1-10(17)7-13(11)19-8-9-5-12(18)15-14(6-9)20-3-4-21-15/h1-2,5-7,19H,3-4,8H2.